The largest absolute Gasteiger partial charge is 0.483 e. The number of benzene rings is 1. The predicted octanol–water partition coefficient (Wildman–Crippen LogP) is 0.885. The van der Waals surface area contributed by atoms with Crippen molar-refractivity contribution < 1.29 is 18.8 Å². The summed E-state index contributed by atoms with van der Waals surface area (Å²) in [5.74, 6) is 1.11. The highest BCUT2D eigenvalue weighted by Gasteiger charge is 2.28. The number of hydrogen-bond acceptors (Lipinski definition) is 6. The zero-order chi connectivity index (χ0) is 14.9. The smallest absolute Gasteiger partial charge is 0.266 e. The van der Waals surface area contributed by atoms with Crippen LogP contribution in [-0.4, -0.2) is 62.0 Å². The van der Waals surface area contributed by atoms with E-state index < -0.39 is 0 Å². The van der Waals surface area contributed by atoms with Gasteiger partial charge in [0.15, 0.2) is 18.0 Å². The Morgan fingerprint density at radius 3 is 2.91 bits per heavy atom. The standard InChI is InChI=1S/C15H17N3O4/c19-13-10-21-11-2-1-3-12-14(11)15(16-22-12)18(13)5-4-17-6-8-20-9-7-17/h1-3H,4-10H2. The number of hydrogen-bond donors (Lipinski definition) is 0. The molecular weight excluding hydrogens is 286 g/mol. The number of amides is 1. The number of nitrogens with zero attached hydrogens (tertiary/aromatic N) is 3. The monoisotopic (exact) mass is 303 g/mol. The highest BCUT2D eigenvalue weighted by molar-refractivity contribution is 6.05. The van der Waals surface area contributed by atoms with Gasteiger partial charge in [0.1, 0.15) is 11.1 Å². The lowest BCUT2D eigenvalue weighted by molar-refractivity contribution is -0.120. The van der Waals surface area contributed by atoms with Crippen LogP contribution in [0.2, 0.25) is 0 Å². The lowest BCUT2D eigenvalue weighted by Crippen LogP contribution is -2.44. The fourth-order valence-corrected chi connectivity index (χ4v) is 2.88. The third-order valence-electron chi connectivity index (χ3n) is 4.09. The molecule has 2 aromatic rings. The van der Waals surface area contributed by atoms with Gasteiger partial charge in [-0.25, -0.2) is 0 Å². The molecule has 7 heteroatoms. The van der Waals surface area contributed by atoms with E-state index in [1.165, 1.54) is 0 Å². The van der Waals surface area contributed by atoms with Crippen LogP contribution in [0.15, 0.2) is 22.7 Å². The summed E-state index contributed by atoms with van der Waals surface area (Å²) in [5.41, 5.74) is 0.638. The van der Waals surface area contributed by atoms with Gasteiger partial charge >= 0.3 is 0 Å². The molecule has 2 aliphatic heterocycles. The number of carbonyl (C=O) groups excluding carboxylic acids is 1. The second kappa shape index (κ2) is 5.58. The SMILES string of the molecule is O=C1COc2cccc3onc(c23)N1CCN1CCOCC1. The van der Waals surface area contributed by atoms with E-state index in [2.05, 4.69) is 10.1 Å². The first kappa shape index (κ1) is 13.5. The Hall–Kier alpha value is -2.12. The highest BCUT2D eigenvalue weighted by atomic mass is 16.5. The minimum absolute atomic E-state index is 0.0264. The first-order valence-electron chi connectivity index (χ1n) is 7.44. The van der Waals surface area contributed by atoms with E-state index in [0.29, 0.717) is 23.7 Å². The number of carbonyl (C=O) groups is 1. The minimum Gasteiger partial charge on any atom is -0.483 e. The van der Waals surface area contributed by atoms with Crippen molar-refractivity contribution in [3.63, 3.8) is 0 Å². The van der Waals surface area contributed by atoms with E-state index in [0.717, 1.165) is 38.2 Å². The van der Waals surface area contributed by atoms with Gasteiger partial charge in [0, 0.05) is 26.2 Å². The summed E-state index contributed by atoms with van der Waals surface area (Å²) >= 11 is 0. The van der Waals surface area contributed by atoms with E-state index in [4.69, 9.17) is 14.0 Å². The van der Waals surface area contributed by atoms with E-state index >= 15 is 0 Å². The topological polar surface area (TPSA) is 68.0 Å². The van der Waals surface area contributed by atoms with Crippen molar-refractivity contribution in [2.75, 3.05) is 50.9 Å². The average Bonchev–Trinajstić information content (AvgIpc) is 2.93. The van der Waals surface area contributed by atoms with Gasteiger partial charge in [-0.1, -0.05) is 11.2 Å². The summed E-state index contributed by atoms with van der Waals surface area (Å²) < 4.78 is 16.3. The average molecular weight is 303 g/mol. The van der Waals surface area contributed by atoms with Gasteiger partial charge in [-0.15, -0.1) is 0 Å². The fourth-order valence-electron chi connectivity index (χ4n) is 2.88. The molecule has 116 valence electrons. The van der Waals surface area contributed by atoms with Crippen LogP contribution in [0, 0.1) is 0 Å². The Balaban J connectivity index is 1.60. The zero-order valence-electron chi connectivity index (χ0n) is 12.2. The van der Waals surface area contributed by atoms with Gasteiger partial charge in [-0.3, -0.25) is 14.6 Å². The molecule has 0 bridgehead atoms. The molecule has 7 nitrogen and oxygen atoms in total. The van der Waals surface area contributed by atoms with Crippen LogP contribution in [0.5, 0.6) is 5.75 Å². The van der Waals surface area contributed by atoms with Crippen molar-refractivity contribution in [2.45, 2.75) is 0 Å². The van der Waals surface area contributed by atoms with E-state index in [-0.39, 0.29) is 12.5 Å². The van der Waals surface area contributed by atoms with Crippen molar-refractivity contribution >= 4 is 22.7 Å². The molecule has 0 radical (unpaired) electrons. The molecule has 1 saturated heterocycles. The number of aromatic nitrogens is 1. The van der Waals surface area contributed by atoms with Gasteiger partial charge in [-0.2, -0.15) is 0 Å². The van der Waals surface area contributed by atoms with Gasteiger partial charge < -0.3 is 14.0 Å². The Kier molecular flexibility index (Phi) is 3.44. The molecule has 1 aromatic carbocycles. The van der Waals surface area contributed by atoms with Gasteiger partial charge in [0.05, 0.1) is 13.2 Å². The van der Waals surface area contributed by atoms with Crippen LogP contribution >= 0.6 is 0 Å². The van der Waals surface area contributed by atoms with Crippen molar-refractivity contribution in [1.29, 1.82) is 0 Å². The summed E-state index contributed by atoms with van der Waals surface area (Å²) in [5, 5.41) is 4.86. The summed E-state index contributed by atoms with van der Waals surface area (Å²) in [6, 6.07) is 5.50. The van der Waals surface area contributed by atoms with Crippen LogP contribution in [0.3, 0.4) is 0 Å². The van der Waals surface area contributed by atoms with Crippen LogP contribution in [-0.2, 0) is 9.53 Å². The van der Waals surface area contributed by atoms with Crippen molar-refractivity contribution in [3.8, 4) is 5.75 Å². The second-order valence-corrected chi connectivity index (χ2v) is 5.42. The molecule has 4 rings (SSSR count). The molecule has 1 fully saturated rings. The Morgan fingerprint density at radius 1 is 1.18 bits per heavy atom. The fraction of sp³-hybridized carbons (Fsp3) is 0.467. The first-order valence-corrected chi connectivity index (χ1v) is 7.44. The summed E-state index contributed by atoms with van der Waals surface area (Å²) in [4.78, 5) is 16.3. The molecule has 2 aliphatic rings. The molecule has 0 aliphatic carbocycles. The summed E-state index contributed by atoms with van der Waals surface area (Å²) in [6.45, 7) is 4.65. The molecule has 22 heavy (non-hydrogen) atoms. The van der Waals surface area contributed by atoms with Crippen LogP contribution < -0.4 is 9.64 Å². The minimum atomic E-state index is -0.0975. The molecule has 3 heterocycles. The number of rotatable bonds is 3. The molecule has 0 N–H and O–H groups in total. The Morgan fingerprint density at radius 2 is 2.05 bits per heavy atom. The zero-order valence-corrected chi connectivity index (χ0v) is 12.2. The normalized spacial score (nSPS) is 19.3. The molecule has 1 amide bonds. The number of ether oxygens (including phenoxy) is 2. The quantitative estimate of drug-likeness (QED) is 0.838. The Bertz CT molecular complexity index is 693. The predicted molar refractivity (Wildman–Crippen MR) is 79.1 cm³/mol. The number of anilines is 1. The van der Waals surface area contributed by atoms with Gasteiger partial charge in [0.25, 0.3) is 5.91 Å². The van der Waals surface area contributed by atoms with Crippen molar-refractivity contribution in [1.82, 2.24) is 10.1 Å². The molecule has 0 unspecified atom stereocenters. The Labute approximate surface area is 127 Å². The highest BCUT2D eigenvalue weighted by Crippen LogP contribution is 2.36. The van der Waals surface area contributed by atoms with Crippen molar-refractivity contribution in [3.05, 3.63) is 18.2 Å². The molecule has 0 atom stereocenters. The van der Waals surface area contributed by atoms with Crippen LogP contribution in [0.4, 0.5) is 5.82 Å². The maximum Gasteiger partial charge on any atom is 0.266 e. The summed E-state index contributed by atoms with van der Waals surface area (Å²) in [7, 11) is 0. The third kappa shape index (κ3) is 2.32. The molecule has 0 spiro atoms. The van der Waals surface area contributed by atoms with Crippen LogP contribution in [0.1, 0.15) is 0 Å². The van der Waals surface area contributed by atoms with Gasteiger partial charge in [-0.05, 0) is 12.1 Å². The van der Waals surface area contributed by atoms with Crippen LogP contribution in [0.25, 0.3) is 11.0 Å². The summed E-state index contributed by atoms with van der Waals surface area (Å²) in [6.07, 6.45) is 0. The van der Waals surface area contributed by atoms with E-state index in [9.17, 15) is 4.79 Å². The maximum absolute atomic E-state index is 12.4. The lowest BCUT2D eigenvalue weighted by Gasteiger charge is -2.28. The third-order valence-corrected chi connectivity index (χ3v) is 4.09. The first-order chi connectivity index (χ1) is 10.8. The molecule has 1 aromatic heterocycles. The van der Waals surface area contributed by atoms with E-state index in [1.54, 1.807) is 4.90 Å². The number of morpholine rings is 1. The van der Waals surface area contributed by atoms with Crippen molar-refractivity contribution in [2.24, 2.45) is 0 Å². The maximum atomic E-state index is 12.4. The van der Waals surface area contributed by atoms with E-state index in [1.807, 2.05) is 18.2 Å². The lowest BCUT2D eigenvalue weighted by atomic mass is 10.2. The molecule has 0 saturated carbocycles. The molecular formula is C15H17N3O4. The van der Waals surface area contributed by atoms with Gasteiger partial charge in [0.2, 0.25) is 0 Å². The second-order valence-electron chi connectivity index (χ2n) is 5.42.